The fraction of sp³-hybridized carbons (Fsp3) is 0.368. The van der Waals surface area contributed by atoms with E-state index >= 15 is 0 Å². The van der Waals surface area contributed by atoms with E-state index in [1.54, 1.807) is 18.2 Å². The molecule has 3 heterocycles. The summed E-state index contributed by atoms with van der Waals surface area (Å²) in [5.41, 5.74) is 2.44. The molecule has 0 spiro atoms. The third kappa shape index (κ3) is 4.06. The van der Waals surface area contributed by atoms with Crippen molar-refractivity contribution in [1.29, 1.82) is 0 Å². The molecule has 2 amide bonds. The van der Waals surface area contributed by atoms with Crippen molar-refractivity contribution < 1.29 is 18.4 Å². The fourth-order valence-corrected chi connectivity index (χ4v) is 3.44. The van der Waals surface area contributed by atoms with Gasteiger partial charge < -0.3 is 24.5 Å². The van der Waals surface area contributed by atoms with E-state index in [0.29, 0.717) is 36.0 Å². The van der Waals surface area contributed by atoms with Crippen molar-refractivity contribution in [3.05, 3.63) is 46.4 Å². The van der Waals surface area contributed by atoms with Gasteiger partial charge in [-0.05, 0) is 25.5 Å². The number of alkyl halides is 1. The van der Waals surface area contributed by atoms with Crippen LogP contribution in [-0.4, -0.2) is 40.3 Å². The molecule has 1 atom stereocenters. The third-order valence-corrected chi connectivity index (χ3v) is 4.92. The Labute approximate surface area is 165 Å². The maximum atomic E-state index is 13.2. The number of amides is 2. The molecule has 2 N–H and O–H groups in total. The number of halogens is 2. The summed E-state index contributed by atoms with van der Waals surface area (Å²) < 4.78 is 24.1. The summed E-state index contributed by atoms with van der Waals surface area (Å²) in [6.07, 6.45) is -0.533. The molecule has 4 rings (SSSR count). The van der Waals surface area contributed by atoms with E-state index in [1.807, 2.05) is 13.0 Å². The normalized spacial score (nSPS) is 16.7. The molecule has 2 aromatic heterocycles. The Morgan fingerprint density at radius 2 is 2.32 bits per heavy atom. The van der Waals surface area contributed by atoms with Gasteiger partial charge in [-0.2, -0.15) is 0 Å². The minimum absolute atomic E-state index is 0.152. The van der Waals surface area contributed by atoms with Crippen molar-refractivity contribution in [2.24, 2.45) is 0 Å². The average molecular weight is 407 g/mol. The molecular formula is C19H20ClFN4O3. The lowest BCUT2D eigenvalue weighted by Crippen LogP contribution is -2.38. The first-order chi connectivity index (χ1) is 13.5. The molecule has 148 valence electrons. The molecule has 0 unspecified atom stereocenters. The van der Waals surface area contributed by atoms with Gasteiger partial charge >= 0.3 is 6.03 Å². The third-order valence-electron chi connectivity index (χ3n) is 4.62. The highest BCUT2D eigenvalue weighted by Crippen LogP contribution is 2.31. The average Bonchev–Trinajstić information content (AvgIpc) is 3.37. The molecule has 7 nitrogen and oxygen atoms in total. The quantitative estimate of drug-likeness (QED) is 0.672. The lowest BCUT2D eigenvalue weighted by molar-refractivity contribution is 0.204. The molecule has 0 radical (unpaired) electrons. The van der Waals surface area contributed by atoms with Crippen molar-refractivity contribution in [1.82, 2.24) is 20.4 Å². The molecule has 0 aliphatic carbocycles. The second kappa shape index (κ2) is 7.71. The van der Waals surface area contributed by atoms with Crippen molar-refractivity contribution in [2.75, 3.05) is 13.1 Å². The van der Waals surface area contributed by atoms with E-state index in [-0.39, 0.29) is 19.2 Å². The molecular weight excluding hydrogens is 387 g/mol. The summed E-state index contributed by atoms with van der Waals surface area (Å²) in [7, 11) is 0. The highest BCUT2D eigenvalue weighted by molar-refractivity contribution is 6.32. The van der Waals surface area contributed by atoms with Crippen LogP contribution in [0.5, 0.6) is 5.75 Å². The van der Waals surface area contributed by atoms with Crippen LogP contribution >= 0.6 is 11.6 Å². The van der Waals surface area contributed by atoms with Crippen LogP contribution in [0.1, 0.15) is 23.6 Å². The van der Waals surface area contributed by atoms with Crippen LogP contribution in [0.3, 0.4) is 0 Å². The summed E-state index contributed by atoms with van der Waals surface area (Å²) in [5, 5.41) is 8.01. The smallest absolute Gasteiger partial charge is 0.317 e. The fourth-order valence-electron chi connectivity index (χ4n) is 3.22. The van der Waals surface area contributed by atoms with E-state index < -0.39 is 6.17 Å². The Kier molecular flexibility index (Phi) is 5.13. The predicted molar refractivity (Wildman–Crippen MR) is 102 cm³/mol. The maximum absolute atomic E-state index is 13.2. The maximum Gasteiger partial charge on any atom is 0.317 e. The van der Waals surface area contributed by atoms with Crippen molar-refractivity contribution in [3.8, 4) is 5.75 Å². The largest absolute Gasteiger partial charge is 0.484 e. The number of ether oxygens (including phenoxy) is 1. The lowest BCUT2D eigenvalue weighted by atomic mass is 10.2. The molecule has 1 aliphatic rings. The van der Waals surface area contributed by atoms with Gasteiger partial charge in [0.25, 0.3) is 0 Å². The van der Waals surface area contributed by atoms with Crippen molar-refractivity contribution in [2.45, 2.75) is 32.7 Å². The number of urea groups is 1. The van der Waals surface area contributed by atoms with Gasteiger partial charge in [0.15, 0.2) is 5.76 Å². The number of hydrogen-bond acceptors (Lipinski definition) is 4. The zero-order valence-electron chi connectivity index (χ0n) is 15.3. The van der Waals surface area contributed by atoms with Crippen LogP contribution in [0.15, 0.2) is 28.8 Å². The number of fused-ring (bicyclic) bond motifs is 1. The van der Waals surface area contributed by atoms with Gasteiger partial charge in [0, 0.05) is 35.3 Å². The minimum atomic E-state index is -0.930. The van der Waals surface area contributed by atoms with E-state index in [0.717, 1.165) is 22.3 Å². The zero-order valence-corrected chi connectivity index (χ0v) is 16.1. The topological polar surface area (TPSA) is 83.4 Å². The van der Waals surface area contributed by atoms with Gasteiger partial charge in [-0.1, -0.05) is 16.8 Å². The molecule has 28 heavy (non-hydrogen) atoms. The number of nitrogens with one attached hydrogen (secondary N) is 2. The number of carbonyl (C=O) groups excluding carboxylic acids is 1. The van der Waals surface area contributed by atoms with Crippen LogP contribution < -0.4 is 10.1 Å². The first kappa shape index (κ1) is 18.6. The van der Waals surface area contributed by atoms with Crippen LogP contribution in [-0.2, 0) is 13.2 Å². The van der Waals surface area contributed by atoms with Crippen LogP contribution in [0, 0.1) is 6.92 Å². The van der Waals surface area contributed by atoms with Crippen molar-refractivity contribution in [3.63, 3.8) is 0 Å². The summed E-state index contributed by atoms with van der Waals surface area (Å²) in [6.45, 7) is 2.97. The minimum Gasteiger partial charge on any atom is -0.484 e. The Morgan fingerprint density at radius 3 is 3.04 bits per heavy atom. The van der Waals surface area contributed by atoms with Gasteiger partial charge in [0.2, 0.25) is 0 Å². The van der Waals surface area contributed by atoms with Crippen LogP contribution in [0.2, 0.25) is 5.02 Å². The number of aromatic amines is 1. The standard InChI is InChI=1S/C19H20ClFN4O3/c1-11-4-15(28-24-11)10-27-18-7-17-12(6-16(18)20)5-14(23-17)8-22-19(26)25-3-2-13(21)9-25/h4-7,13,23H,2-3,8-10H2,1H3,(H,22,26)/t13-/m0/s1. The number of benzene rings is 1. The SMILES string of the molecule is Cc1cc(COc2cc3[nH]c(CNC(=O)N4CC[C@H](F)C4)cc3cc2Cl)on1. The first-order valence-electron chi connectivity index (χ1n) is 9.01. The Bertz CT molecular complexity index is 1000. The van der Waals surface area contributed by atoms with E-state index in [4.69, 9.17) is 20.9 Å². The second-order valence-corrected chi connectivity index (χ2v) is 7.29. The monoisotopic (exact) mass is 406 g/mol. The molecule has 1 aromatic carbocycles. The van der Waals surface area contributed by atoms with Crippen LogP contribution in [0.4, 0.5) is 9.18 Å². The van der Waals surface area contributed by atoms with Gasteiger partial charge in [0.1, 0.15) is 18.5 Å². The first-order valence-corrected chi connectivity index (χ1v) is 9.39. The number of H-pyrrole nitrogens is 1. The number of rotatable bonds is 5. The number of hydrogen-bond donors (Lipinski definition) is 2. The van der Waals surface area contributed by atoms with Gasteiger partial charge in [-0.3, -0.25) is 0 Å². The Hall–Kier alpha value is -2.74. The number of likely N-dealkylation sites (tertiary alicyclic amines) is 1. The lowest BCUT2D eigenvalue weighted by Gasteiger charge is -2.15. The summed E-state index contributed by atoms with van der Waals surface area (Å²) in [4.78, 5) is 16.8. The highest BCUT2D eigenvalue weighted by atomic mass is 35.5. The molecule has 1 aliphatic heterocycles. The number of aromatic nitrogens is 2. The summed E-state index contributed by atoms with van der Waals surface area (Å²) >= 11 is 6.31. The van der Waals surface area contributed by atoms with E-state index in [1.165, 1.54) is 4.90 Å². The number of aryl methyl sites for hydroxylation is 1. The van der Waals surface area contributed by atoms with Crippen LogP contribution in [0.25, 0.3) is 10.9 Å². The Balaban J connectivity index is 1.41. The van der Waals surface area contributed by atoms with E-state index in [2.05, 4.69) is 15.5 Å². The summed E-state index contributed by atoms with van der Waals surface area (Å²) in [5.74, 6) is 1.13. The van der Waals surface area contributed by atoms with Gasteiger partial charge in [-0.25, -0.2) is 9.18 Å². The molecule has 1 saturated heterocycles. The van der Waals surface area contributed by atoms with Gasteiger partial charge in [0.05, 0.1) is 23.8 Å². The number of nitrogens with zero attached hydrogens (tertiary/aromatic N) is 2. The summed E-state index contributed by atoms with van der Waals surface area (Å²) in [6, 6.07) is 7.05. The molecule has 0 saturated carbocycles. The second-order valence-electron chi connectivity index (χ2n) is 6.88. The van der Waals surface area contributed by atoms with E-state index in [9.17, 15) is 9.18 Å². The predicted octanol–water partition coefficient (Wildman–Crippen LogP) is 3.95. The molecule has 0 bridgehead atoms. The Morgan fingerprint density at radius 1 is 1.46 bits per heavy atom. The highest BCUT2D eigenvalue weighted by Gasteiger charge is 2.25. The van der Waals surface area contributed by atoms with Crippen molar-refractivity contribution >= 4 is 28.5 Å². The van der Waals surface area contributed by atoms with Gasteiger partial charge in [-0.15, -0.1) is 0 Å². The zero-order chi connectivity index (χ0) is 19.7. The molecule has 3 aromatic rings. The number of carbonyl (C=O) groups is 1. The molecule has 1 fully saturated rings. The molecule has 9 heteroatoms.